The fourth-order valence-electron chi connectivity index (χ4n) is 3.32. The number of nitrogens with zero attached hydrogens (tertiary/aromatic N) is 1. The highest BCUT2D eigenvalue weighted by molar-refractivity contribution is 6.14. The van der Waals surface area contributed by atoms with Crippen molar-refractivity contribution in [3.8, 4) is 0 Å². The Bertz CT molecular complexity index is 797. The summed E-state index contributed by atoms with van der Waals surface area (Å²) in [5.41, 5.74) is 2.08. The van der Waals surface area contributed by atoms with E-state index in [2.05, 4.69) is 5.32 Å². The first-order valence-electron chi connectivity index (χ1n) is 9.22. The quantitative estimate of drug-likeness (QED) is 0.801. The molecule has 2 aromatic rings. The number of benzene rings is 2. The molecule has 2 amide bonds. The number of amides is 2. The third-order valence-electron chi connectivity index (χ3n) is 5.12. The minimum Gasteiger partial charge on any atom is -0.349 e. The second kappa shape index (κ2) is 7.32. The molecular weight excluding hydrogens is 324 g/mol. The van der Waals surface area contributed by atoms with E-state index in [9.17, 15) is 9.59 Å². The molecule has 0 aromatic heterocycles. The van der Waals surface area contributed by atoms with Crippen LogP contribution in [0.2, 0.25) is 0 Å². The molecule has 1 aliphatic carbocycles. The van der Waals surface area contributed by atoms with Gasteiger partial charge in [0.25, 0.3) is 0 Å². The average molecular weight is 350 g/mol. The highest BCUT2D eigenvalue weighted by atomic mass is 16.2. The molecular formula is C22H26N2O2. The van der Waals surface area contributed by atoms with Crippen molar-refractivity contribution in [1.29, 1.82) is 0 Å². The van der Waals surface area contributed by atoms with Crippen LogP contribution in [0.5, 0.6) is 0 Å². The van der Waals surface area contributed by atoms with Crippen LogP contribution in [-0.2, 0) is 9.59 Å². The lowest BCUT2D eigenvalue weighted by atomic mass is 10.0. The maximum Gasteiger partial charge on any atom is 0.242 e. The van der Waals surface area contributed by atoms with Gasteiger partial charge in [-0.1, -0.05) is 42.5 Å². The van der Waals surface area contributed by atoms with Gasteiger partial charge in [-0.3, -0.25) is 9.59 Å². The van der Waals surface area contributed by atoms with E-state index in [1.807, 2.05) is 75.4 Å². The smallest absolute Gasteiger partial charge is 0.242 e. The van der Waals surface area contributed by atoms with Crippen molar-refractivity contribution in [1.82, 2.24) is 5.32 Å². The van der Waals surface area contributed by atoms with Gasteiger partial charge in [0.1, 0.15) is 5.41 Å². The van der Waals surface area contributed by atoms with Gasteiger partial charge >= 0.3 is 0 Å². The Morgan fingerprint density at radius 1 is 1.12 bits per heavy atom. The van der Waals surface area contributed by atoms with Gasteiger partial charge in [0.15, 0.2) is 0 Å². The van der Waals surface area contributed by atoms with Crippen LogP contribution >= 0.6 is 0 Å². The number of rotatable bonds is 6. The molecule has 0 spiro atoms. The second-order valence-electron chi connectivity index (χ2n) is 7.08. The summed E-state index contributed by atoms with van der Waals surface area (Å²) in [6.45, 7) is 6.45. The summed E-state index contributed by atoms with van der Waals surface area (Å²) in [4.78, 5) is 27.8. The zero-order valence-electron chi connectivity index (χ0n) is 15.7. The van der Waals surface area contributed by atoms with Crippen molar-refractivity contribution < 1.29 is 9.59 Å². The van der Waals surface area contributed by atoms with Crippen LogP contribution in [0, 0.1) is 12.3 Å². The summed E-state index contributed by atoms with van der Waals surface area (Å²) in [6.07, 6.45) is 1.23. The summed E-state index contributed by atoms with van der Waals surface area (Å²) in [5.74, 6) is -0.256. The molecule has 1 unspecified atom stereocenters. The molecule has 26 heavy (non-hydrogen) atoms. The molecule has 1 saturated carbocycles. The van der Waals surface area contributed by atoms with Crippen LogP contribution in [0.4, 0.5) is 5.69 Å². The van der Waals surface area contributed by atoms with Crippen LogP contribution in [0.3, 0.4) is 0 Å². The number of carbonyl (C=O) groups is 2. The molecule has 4 heteroatoms. The molecule has 1 aliphatic rings. The number of aryl methyl sites for hydroxylation is 1. The Morgan fingerprint density at radius 3 is 2.38 bits per heavy atom. The molecule has 3 rings (SSSR count). The number of hydrogen-bond acceptors (Lipinski definition) is 2. The van der Waals surface area contributed by atoms with Crippen molar-refractivity contribution in [2.75, 3.05) is 11.4 Å². The summed E-state index contributed by atoms with van der Waals surface area (Å²) in [5, 5.41) is 3.04. The Hall–Kier alpha value is -2.62. The average Bonchev–Trinajstić information content (AvgIpc) is 3.45. The number of nitrogens with one attached hydrogen (secondary N) is 1. The maximum atomic E-state index is 13.2. The molecule has 0 bridgehead atoms. The fourth-order valence-corrected chi connectivity index (χ4v) is 3.32. The molecule has 4 nitrogen and oxygen atoms in total. The molecule has 136 valence electrons. The lowest BCUT2D eigenvalue weighted by Crippen LogP contribution is -2.46. The zero-order valence-corrected chi connectivity index (χ0v) is 15.7. The van der Waals surface area contributed by atoms with Crippen molar-refractivity contribution in [3.63, 3.8) is 0 Å². The highest BCUT2D eigenvalue weighted by Gasteiger charge is 2.58. The number of hydrogen-bond donors (Lipinski definition) is 1. The number of carbonyl (C=O) groups excluding carboxylic acids is 2. The Balaban J connectivity index is 1.76. The van der Waals surface area contributed by atoms with E-state index >= 15 is 0 Å². The van der Waals surface area contributed by atoms with E-state index in [-0.39, 0.29) is 17.9 Å². The van der Waals surface area contributed by atoms with E-state index in [4.69, 9.17) is 0 Å². The molecule has 0 aliphatic heterocycles. The van der Waals surface area contributed by atoms with Crippen LogP contribution in [0.25, 0.3) is 0 Å². The SMILES string of the molecule is CCN(C(=O)C1(C(=O)NC(C)c2ccccc2)CC1)c1cccc(C)c1. The standard InChI is InChI=1S/C22H26N2O2/c1-4-24(19-12-8-9-16(2)15-19)21(26)22(13-14-22)20(25)23-17(3)18-10-6-5-7-11-18/h5-12,15,17H,4,13-14H2,1-3H3,(H,23,25). The van der Waals surface area contributed by atoms with Gasteiger partial charge in [-0.15, -0.1) is 0 Å². The van der Waals surface area contributed by atoms with Crippen LogP contribution < -0.4 is 10.2 Å². The number of anilines is 1. The van der Waals surface area contributed by atoms with Crippen LogP contribution in [0.15, 0.2) is 54.6 Å². The third kappa shape index (κ3) is 3.50. The summed E-state index contributed by atoms with van der Waals surface area (Å²) in [7, 11) is 0. The van der Waals surface area contributed by atoms with E-state index in [1.165, 1.54) is 0 Å². The summed E-state index contributed by atoms with van der Waals surface area (Å²) in [6, 6.07) is 17.6. The van der Waals surface area contributed by atoms with Gasteiger partial charge < -0.3 is 10.2 Å². The highest BCUT2D eigenvalue weighted by Crippen LogP contribution is 2.48. The monoisotopic (exact) mass is 350 g/mol. The minimum absolute atomic E-state index is 0.0941. The van der Waals surface area contributed by atoms with Crippen LogP contribution in [-0.4, -0.2) is 18.4 Å². The van der Waals surface area contributed by atoms with Crippen molar-refractivity contribution >= 4 is 17.5 Å². The van der Waals surface area contributed by atoms with Crippen molar-refractivity contribution in [3.05, 3.63) is 65.7 Å². The first-order chi connectivity index (χ1) is 12.5. The van der Waals surface area contributed by atoms with Gasteiger partial charge in [-0.25, -0.2) is 0 Å². The molecule has 0 radical (unpaired) electrons. The second-order valence-corrected chi connectivity index (χ2v) is 7.08. The minimum atomic E-state index is -0.914. The topological polar surface area (TPSA) is 49.4 Å². The molecule has 0 saturated heterocycles. The molecule has 1 N–H and O–H groups in total. The predicted octanol–water partition coefficient (Wildman–Crippen LogP) is 4.01. The predicted molar refractivity (Wildman–Crippen MR) is 104 cm³/mol. The molecule has 0 heterocycles. The van der Waals surface area contributed by atoms with Crippen molar-refractivity contribution in [2.24, 2.45) is 5.41 Å². The molecule has 2 aromatic carbocycles. The Morgan fingerprint density at radius 2 is 1.81 bits per heavy atom. The fraction of sp³-hybridized carbons (Fsp3) is 0.364. The lowest BCUT2D eigenvalue weighted by molar-refractivity contribution is -0.136. The van der Waals surface area contributed by atoms with E-state index < -0.39 is 5.41 Å². The summed E-state index contributed by atoms with van der Waals surface area (Å²) >= 11 is 0. The van der Waals surface area contributed by atoms with Crippen molar-refractivity contribution in [2.45, 2.75) is 39.7 Å². The van der Waals surface area contributed by atoms with E-state index in [1.54, 1.807) is 4.90 Å². The first-order valence-corrected chi connectivity index (χ1v) is 9.22. The van der Waals surface area contributed by atoms with Gasteiger partial charge in [-0.2, -0.15) is 0 Å². The largest absolute Gasteiger partial charge is 0.349 e. The van der Waals surface area contributed by atoms with E-state index in [0.717, 1.165) is 16.8 Å². The van der Waals surface area contributed by atoms with Gasteiger partial charge in [-0.05, 0) is 56.9 Å². The third-order valence-corrected chi connectivity index (χ3v) is 5.12. The summed E-state index contributed by atoms with van der Waals surface area (Å²) < 4.78 is 0. The van der Waals surface area contributed by atoms with Gasteiger partial charge in [0.05, 0.1) is 6.04 Å². The lowest BCUT2D eigenvalue weighted by Gasteiger charge is -2.27. The molecule has 1 fully saturated rings. The zero-order chi connectivity index (χ0) is 18.7. The van der Waals surface area contributed by atoms with Crippen LogP contribution in [0.1, 0.15) is 43.9 Å². The maximum absolute atomic E-state index is 13.2. The molecule has 1 atom stereocenters. The van der Waals surface area contributed by atoms with Gasteiger partial charge in [0, 0.05) is 12.2 Å². The normalized spacial score (nSPS) is 15.8. The van der Waals surface area contributed by atoms with Gasteiger partial charge in [0.2, 0.25) is 11.8 Å². The Kier molecular flexibility index (Phi) is 5.12. The van der Waals surface area contributed by atoms with E-state index in [0.29, 0.717) is 19.4 Å². The first kappa shape index (κ1) is 18.2. The Labute approximate surface area is 155 Å².